The monoisotopic (exact) mass is 434 g/mol. The van der Waals surface area contributed by atoms with E-state index in [1.165, 1.54) is 11.8 Å². The molecule has 8 heteroatoms. The molecule has 0 atom stereocenters. The second kappa shape index (κ2) is 9.09. The number of thioether (sulfide) groups is 1. The van der Waals surface area contributed by atoms with E-state index in [-0.39, 0.29) is 11.7 Å². The number of carbonyl (C=O) groups is 1. The van der Waals surface area contributed by atoms with Crippen LogP contribution >= 0.6 is 11.8 Å². The Morgan fingerprint density at radius 3 is 2.71 bits per heavy atom. The molecule has 4 aromatic rings. The molecule has 1 amide bonds. The van der Waals surface area contributed by atoms with Crippen molar-refractivity contribution < 1.29 is 13.9 Å². The molecular weight excluding hydrogens is 412 g/mol. The largest absolute Gasteiger partial charge is 0.495 e. The highest BCUT2D eigenvalue weighted by Gasteiger charge is 2.20. The van der Waals surface area contributed by atoms with E-state index in [9.17, 15) is 4.79 Å². The Kier molecular flexibility index (Phi) is 6.08. The molecule has 2 heterocycles. The number of rotatable bonds is 7. The van der Waals surface area contributed by atoms with E-state index in [1.807, 2.05) is 54.8 Å². The lowest BCUT2D eigenvalue weighted by molar-refractivity contribution is -0.113. The normalized spacial score (nSPS) is 10.8. The predicted molar refractivity (Wildman–Crippen MR) is 121 cm³/mol. The number of nitrogens with zero attached hydrogens (tertiary/aromatic N) is 3. The van der Waals surface area contributed by atoms with Gasteiger partial charge in [-0.1, -0.05) is 36.0 Å². The standard InChI is InChI=1S/C23H22N4O3S/c1-15-7-6-8-17(13-15)27-22(18-11-12-30-16(18)2)25-26-23(27)31-14-21(28)24-19-9-4-5-10-20(19)29-3/h4-13H,14H2,1-3H3,(H,24,28). The minimum Gasteiger partial charge on any atom is -0.495 e. The zero-order valence-electron chi connectivity index (χ0n) is 17.5. The summed E-state index contributed by atoms with van der Waals surface area (Å²) < 4.78 is 12.7. The molecule has 0 spiro atoms. The van der Waals surface area contributed by atoms with Crippen LogP contribution < -0.4 is 10.1 Å². The molecule has 4 rings (SSSR count). The summed E-state index contributed by atoms with van der Waals surface area (Å²) in [4.78, 5) is 12.6. The summed E-state index contributed by atoms with van der Waals surface area (Å²) in [5.74, 6) is 2.05. The number of hydrogen-bond donors (Lipinski definition) is 1. The quantitative estimate of drug-likeness (QED) is 0.417. The van der Waals surface area contributed by atoms with Crippen molar-refractivity contribution in [1.82, 2.24) is 14.8 Å². The first kappa shape index (κ1) is 20.7. The highest BCUT2D eigenvalue weighted by molar-refractivity contribution is 7.99. The number of aryl methyl sites for hydroxylation is 2. The van der Waals surface area contributed by atoms with Gasteiger partial charge in [-0.3, -0.25) is 9.36 Å². The molecule has 0 saturated heterocycles. The lowest BCUT2D eigenvalue weighted by Crippen LogP contribution is -2.15. The third-order valence-corrected chi connectivity index (χ3v) is 5.64. The number of para-hydroxylation sites is 2. The SMILES string of the molecule is COc1ccccc1NC(=O)CSc1nnc(-c2ccoc2C)n1-c1cccc(C)c1. The summed E-state index contributed by atoms with van der Waals surface area (Å²) in [7, 11) is 1.57. The maximum absolute atomic E-state index is 12.6. The molecular formula is C23H22N4O3S. The summed E-state index contributed by atoms with van der Waals surface area (Å²) >= 11 is 1.32. The van der Waals surface area contributed by atoms with E-state index in [1.54, 1.807) is 25.5 Å². The van der Waals surface area contributed by atoms with Gasteiger partial charge in [0.2, 0.25) is 5.91 Å². The molecule has 0 fully saturated rings. The van der Waals surface area contributed by atoms with Crippen LogP contribution in [0, 0.1) is 13.8 Å². The maximum Gasteiger partial charge on any atom is 0.234 e. The fourth-order valence-electron chi connectivity index (χ4n) is 3.22. The lowest BCUT2D eigenvalue weighted by atomic mass is 10.2. The first-order valence-electron chi connectivity index (χ1n) is 9.69. The van der Waals surface area contributed by atoms with Crippen LogP contribution in [0.5, 0.6) is 5.75 Å². The molecule has 7 nitrogen and oxygen atoms in total. The van der Waals surface area contributed by atoms with Gasteiger partial charge in [-0.15, -0.1) is 10.2 Å². The molecule has 31 heavy (non-hydrogen) atoms. The average molecular weight is 435 g/mol. The van der Waals surface area contributed by atoms with Crippen molar-refractivity contribution in [2.24, 2.45) is 0 Å². The van der Waals surface area contributed by atoms with E-state index < -0.39 is 0 Å². The summed E-state index contributed by atoms with van der Waals surface area (Å²) in [6, 6.07) is 17.2. The third-order valence-electron chi connectivity index (χ3n) is 4.71. The van der Waals surface area contributed by atoms with Gasteiger partial charge >= 0.3 is 0 Å². The van der Waals surface area contributed by atoms with Gasteiger partial charge in [-0.25, -0.2) is 0 Å². The summed E-state index contributed by atoms with van der Waals surface area (Å²) in [6.45, 7) is 3.92. The van der Waals surface area contributed by atoms with Crippen molar-refractivity contribution in [1.29, 1.82) is 0 Å². The number of nitrogens with one attached hydrogen (secondary N) is 1. The van der Waals surface area contributed by atoms with E-state index in [2.05, 4.69) is 21.6 Å². The zero-order chi connectivity index (χ0) is 21.8. The summed E-state index contributed by atoms with van der Waals surface area (Å²) in [5.41, 5.74) is 3.53. The number of aromatic nitrogens is 3. The lowest BCUT2D eigenvalue weighted by Gasteiger charge is -2.11. The van der Waals surface area contributed by atoms with Crippen LogP contribution in [0.1, 0.15) is 11.3 Å². The van der Waals surface area contributed by atoms with Gasteiger partial charge in [0.05, 0.1) is 30.4 Å². The highest BCUT2D eigenvalue weighted by Crippen LogP contribution is 2.31. The van der Waals surface area contributed by atoms with Crippen LogP contribution in [0.15, 0.2) is 70.4 Å². The Labute approximate surface area is 184 Å². The van der Waals surface area contributed by atoms with Crippen LogP contribution in [0.4, 0.5) is 5.69 Å². The van der Waals surface area contributed by atoms with E-state index >= 15 is 0 Å². The predicted octanol–water partition coefficient (Wildman–Crippen LogP) is 4.88. The second-order valence-corrected chi connectivity index (χ2v) is 7.85. The Balaban J connectivity index is 1.60. The Morgan fingerprint density at radius 1 is 1.13 bits per heavy atom. The van der Waals surface area contributed by atoms with Crippen LogP contribution in [-0.4, -0.2) is 33.5 Å². The topological polar surface area (TPSA) is 82.2 Å². The van der Waals surface area contributed by atoms with Crippen molar-refractivity contribution >= 4 is 23.4 Å². The number of anilines is 1. The molecule has 0 unspecified atom stereocenters. The van der Waals surface area contributed by atoms with Crippen LogP contribution in [0.25, 0.3) is 17.1 Å². The van der Waals surface area contributed by atoms with Crippen LogP contribution in [-0.2, 0) is 4.79 Å². The molecule has 0 aliphatic carbocycles. The first-order valence-corrected chi connectivity index (χ1v) is 10.7. The Morgan fingerprint density at radius 2 is 1.97 bits per heavy atom. The molecule has 0 bridgehead atoms. The zero-order valence-corrected chi connectivity index (χ0v) is 18.3. The number of carbonyl (C=O) groups excluding carboxylic acids is 1. The fraction of sp³-hybridized carbons (Fsp3) is 0.174. The molecule has 2 aromatic heterocycles. The number of hydrogen-bond acceptors (Lipinski definition) is 6. The van der Waals surface area contributed by atoms with Crippen molar-refractivity contribution in [3.8, 4) is 22.8 Å². The molecule has 0 radical (unpaired) electrons. The average Bonchev–Trinajstić information content (AvgIpc) is 3.38. The van der Waals surface area contributed by atoms with E-state index in [4.69, 9.17) is 9.15 Å². The molecule has 0 aliphatic heterocycles. The van der Waals surface area contributed by atoms with Gasteiger partial charge in [0.1, 0.15) is 11.5 Å². The minimum absolute atomic E-state index is 0.158. The van der Waals surface area contributed by atoms with Gasteiger partial charge in [-0.2, -0.15) is 0 Å². The second-order valence-electron chi connectivity index (χ2n) is 6.91. The van der Waals surface area contributed by atoms with Gasteiger partial charge in [-0.05, 0) is 49.7 Å². The van der Waals surface area contributed by atoms with E-state index in [0.29, 0.717) is 22.4 Å². The third kappa shape index (κ3) is 4.49. The number of amides is 1. The molecule has 1 N–H and O–H groups in total. The van der Waals surface area contributed by atoms with E-state index in [0.717, 1.165) is 22.6 Å². The van der Waals surface area contributed by atoms with Crippen molar-refractivity contribution in [3.05, 3.63) is 72.2 Å². The van der Waals surface area contributed by atoms with Gasteiger partial charge in [0.25, 0.3) is 0 Å². The van der Waals surface area contributed by atoms with Gasteiger partial charge in [0.15, 0.2) is 11.0 Å². The van der Waals surface area contributed by atoms with Crippen molar-refractivity contribution in [3.63, 3.8) is 0 Å². The molecule has 2 aromatic carbocycles. The first-order chi connectivity index (χ1) is 15.1. The number of ether oxygens (including phenoxy) is 1. The smallest absolute Gasteiger partial charge is 0.234 e. The number of methoxy groups -OCH3 is 1. The molecule has 0 aliphatic rings. The summed E-state index contributed by atoms with van der Waals surface area (Å²) in [5, 5.41) is 12.3. The Bertz CT molecular complexity index is 1220. The van der Waals surface area contributed by atoms with Gasteiger partial charge < -0.3 is 14.5 Å². The van der Waals surface area contributed by atoms with Crippen LogP contribution in [0.3, 0.4) is 0 Å². The summed E-state index contributed by atoms with van der Waals surface area (Å²) in [6.07, 6.45) is 1.63. The van der Waals surface area contributed by atoms with Crippen LogP contribution in [0.2, 0.25) is 0 Å². The number of furan rings is 1. The Hall–Kier alpha value is -3.52. The molecule has 0 saturated carbocycles. The highest BCUT2D eigenvalue weighted by atomic mass is 32.2. The minimum atomic E-state index is -0.158. The number of benzene rings is 2. The molecule has 158 valence electrons. The fourth-order valence-corrected chi connectivity index (χ4v) is 3.97. The van der Waals surface area contributed by atoms with Crippen molar-refractivity contribution in [2.75, 3.05) is 18.2 Å². The maximum atomic E-state index is 12.6. The van der Waals surface area contributed by atoms with Crippen molar-refractivity contribution in [2.45, 2.75) is 19.0 Å². The van der Waals surface area contributed by atoms with Gasteiger partial charge in [0, 0.05) is 5.69 Å².